The van der Waals surface area contributed by atoms with Gasteiger partial charge in [0.25, 0.3) is 11.8 Å². The first-order valence-electron chi connectivity index (χ1n) is 10.1. The minimum atomic E-state index is -0.741. The number of ether oxygens (including phenoxy) is 1. The minimum Gasteiger partial charge on any atom is -0.376 e. The van der Waals surface area contributed by atoms with Gasteiger partial charge in [0, 0.05) is 24.5 Å². The highest BCUT2D eigenvalue weighted by Gasteiger charge is 2.37. The van der Waals surface area contributed by atoms with Crippen molar-refractivity contribution in [2.24, 2.45) is 0 Å². The van der Waals surface area contributed by atoms with Gasteiger partial charge < -0.3 is 9.30 Å². The standard InChI is InChI=1S/C23H25N3O4/c1-14-6-8-18(9-7-14)26-22(28)20(21(27)24-23(26)29)12-17-11-15(2)25(16(17)3)13-19-5-4-10-30-19/h6-9,11-12,19H,4-5,10,13H2,1-3H3,(H,24,27,29)/b20-12+/t19-/m1/s1. The molecule has 0 radical (unpaired) electrons. The molecule has 1 aromatic heterocycles. The number of anilines is 1. The molecule has 2 saturated heterocycles. The number of benzene rings is 1. The molecule has 7 nitrogen and oxygen atoms in total. The van der Waals surface area contributed by atoms with E-state index in [1.807, 2.05) is 39.0 Å². The van der Waals surface area contributed by atoms with Crippen LogP contribution in [0, 0.1) is 20.8 Å². The van der Waals surface area contributed by atoms with Gasteiger partial charge in [0.2, 0.25) is 0 Å². The molecule has 2 aromatic rings. The van der Waals surface area contributed by atoms with Gasteiger partial charge in [-0.05, 0) is 63.5 Å². The molecule has 1 aromatic carbocycles. The van der Waals surface area contributed by atoms with Crippen LogP contribution in [0.3, 0.4) is 0 Å². The number of carbonyl (C=O) groups excluding carboxylic acids is 3. The van der Waals surface area contributed by atoms with Gasteiger partial charge in [-0.25, -0.2) is 9.69 Å². The van der Waals surface area contributed by atoms with Crippen LogP contribution in [0.4, 0.5) is 10.5 Å². The highest BCUT2D eigenvalue weighted by Crippen LogP contribution is 2.25. The number of barbiturate groups is 1. The molecule has 156 valence electrons. The van der Waals surface area contributed by atoms with E-state index >= 15 is 0 Å². The van der Waals surface area contributed by atoms with Crippen LogP contribution >= 0.6 is 0 Å². The molecular weight excluding hydrogens is 382 g/mol. The number of carbonyl (C=O) groups is 3. The molecule has 4 amide bonds. The van der Waals surface area contributed by atoms with Crippen LogP contribution in [0.5, 0.6) is 0 Å². The Balaban J connectivity index is 1.66. The molecule has 30 heavy (non-hydrogen) atoms. The topological polar surface area (TPSA) is 80.6 Å². The van der Waals surface area contributed by atoms with E-state index in [0.29, 0.717) is 5.69 Å². The number of aromatic nitrogens is 1. The zero-order chi connectivity index (χ0) is 21.4. The molecule has 0 aliphatic carbocycles. The maximum absolute atomic E-state index is 13.1. The predicted octanol–water partition coefficient (Wildman–Crippen LogP) is 3.26. The van der Waals surface area contributed by atoms with Gasteiger partial charge in [-0.2, -0.15) is 0 Å². The molecule has 2 aliphatic rings. The molecule has 7 heteroatoms. The van der Waals surface area contributed by atoms with E-state index in [-0.39, 0.29) is 11.7 Å². The van der Waals surface area contributed by atoms with E-state index in [1.54, 1.807) is 18.2 Å². The summed E-state index contributed by atoms with van der Waals surface area (Å²) in [5, 5.41) is 2.27. The summed E-state index contributed by atoms with van der Waals surface area (Å²) in [7, 11) is 0. The fourth-order valence-electron chi connectivity index (χ4n) is 3.99. The SMILES string of the molecule is Cc1ccc(N2C(=O)NC(=O)/C(=C\c3cc(C)n(C[C@H]4CCCO4)c3C)C2=O)cc1. The maximum atomic E-state index is 13.1. The number of hydrogen-bond donors (Lipinski definition) is 1. The number of urea groups is 1. The van der Waals surface area contributed by atoms with Crippen LogP contribution in [0.1, 0.15) is 35.4 Å². The lowest BCUT2D eigenvalue weighted by molar-refractivity contribution is -0.122. The Kier molecular flexibility index (Phi) is 5.30. The highest BCUT2D eigenvalue weighted by molar-refractivity contribution is 6.39. The molecule has 2 fully saturated rings. The van der Waals surface area contributed by atoms with Crippen molar-refractivity contribution in [1.82, 2.24) is 9.88 Å². The van der Waals surface area contributed by atoms with Crippen molar-refractivity contribution >= 4 is 29.6 Å². The summed E-state index contributed by atoms with van der Waals surface area (Å²) in [5.74, 6) is -1.31. The number of rotatable bonds is 4. The summed E-state index contributed by atoms with van der Waals surface area (Å²) < 4.78 is 7.89. The average molecular weight is 407 g/mol. The van der Waals surface area contributed by atoms with E-state index in [2.05, 4.69) is 9.88 Å². The first-order chi connectivity index (χ1) is 14.3. The molecule has 0 spiro atoms. The van der Waals surface area contributed by atoms with E-state index < -0.39 is 17.8 Å². The summed E-state index contributed by atoms with van der Waals surface area (Å²) >= 11 is 0. The van der Waals surface area contributed by atoms with Crippen molar-refractivity contribution in [3.05, 3.63) is 58.4 Å². The third-order valence-electron chi connectivity index (χ3n) is 5.72. The summed E-state index contributed by atoms with van der Waals surface area (Å²) in [6.07, 6.45) is 3.85. The van der Waals surface area contributed by atoms with Crippen molar-refractivity contribution in [3.8, 4) is 0 Å². The van der Waals surface area contributed by atoms with Gasteiger partial charge in [-0.3, -0.25) is 14.9 Å². The van der Waals surface area contributed by atoms with E-state index in [0.717, 1.165) is 53.4 Å². The Labute approximate surface area is 175 Å². The van der Waals surface area contributed by atoms with Gasteiger partial charge in [0.15, 0.2) is 0 Å². The van der Waals surface area contributed by atoms with Crippen LogP contribution in [-0.2, 0) is 20.9 Å². The summed E-state index contributed by atoms with van der Waals surface area (Å²) in [6.45, 7) is 7.41. The molecule has 0 unspecified atom stereocenters. The molecule has 0 saturated carbocycles. The summed E-state index contributed by atoms with van der Waals surface area (Å²) in [4.78, 5) is 38.9. The van der Waals surface area contributed by atoms with Crippen molar-refractivity contribution < 1.29 is 19.1 Å². The lowest BCUT2D eigenvalue weighted by Crippen LogP contribution is -2.54. The second kappa shape index (κ2) is 7.91. The Hall–Kier alpha value is -3.19. The number of amides is 4. The van der Waals surface area contributed by atoms with Gasteiger partial charge in [-0.15, -0.1) is 0 Å². The first-order valence-corrected chi connectivity index (χ1v) is 10.1. The highest BCUT2D eigenvalue weighted by atomic mass is 16.5. The number of imide groups is 2. The number of hydrogen-bond acceptors (Lipinski definition) is 4. The normalized spacial score (nSPS) is 20.9. The third-order valence-corrected chi connectivity index (χ3v) is 5.72. The molecule has 2 aliphatic heterocycles. The molecule has 1 atom stereocenters. The van der Waals surface area contributed by atoms with Gasteiger partial charge in [-0.1, -0.05) is 17.7 Å². The number of aryl methyl sites for hydroxylation is 2. The van der Waals surface area contributed by atoms with Crippen molar-refractivity contribution in [2.75, 3.05) is 11.5 Å². The Morgan fingerprint density at radius 3 is 2.53 bits per heavy atom. The van der Waals surface area contributed by atoms with Crippen LogP contribution in [0.2, 0.25) is 0 Å². The Bertz CT molecular complexity index is 1040. The van der Waals surface area contributed by atoms with E-state index in [9.17, 15) is 14.4 Å². The van der Waals surface area contributed by atoms with Crippen LogP contribution < -0.4 is 10.2 Å². The quantitative estimate of drug-likeness (QED) is 0.623. The fraction of sp³-hybridized carbons (Fsp3) is 0.348. The predicted molar refractivity (Wildman–Crippen MR) is 113 cm³/mol. The van der Waals surface area contributed by atoms with Gasteiger partial charge in [0.05, 0.1) is 11.8 Å². The van der Waals surface area contributed by atoms with Crippen LogP contribution in [0.25, 0.3) is 6.08 Å². The monoisotopic (exact) mass is 407 g/mol. The summed E-state index contributed by atoms with van der Waals surface area (Å²) in [5.41, 5.74) is 4.13. The Morgan fingerprint density at radius 1 is 1.13 bits per heavy atom. The van der Waals surface area contributed by atoms with E-state index in [1.165, 1.54) is 0 Å². The molecule has 0 bridgehead atoms. The van der Waals surface area contributed by atoms with Gasteiger partial charge >= 0.3 is 6.03 Å². The Morgan fingerprint density at radius 2 is 1.87 bits per heavy atom. The molecular formula is C23H25N3O4. The first kappa shape index (κ1) is 20.1. The van der Waals surface area contributed by atoms with Crippen molar-refractivity contribution in [3.63, 3.8) is 0 Å². The fourth-order valence-corrected chi connectivity index (χ4v) is 3.99. The van der Waals surface area contributed by atoms with Crippen LogP contribution in [-0.4, -0.2) is 35.1 Å². The maximum Gasteiger partial charge on any atom is 0.335 e. The minimum absolute atomic E-state index is 0.0625. The smallest absolute Gasteiger partial charge is 0.335 e. The second-order valence-corrected chi connectivity index (χ2v) is 7.87. The van der Waals surface area contributed by atoms with E-state index in [4.69, 9.17) is 4.74 Å². The van der Waals surface area contributed by atoms with Crippen molar-refractivity contribution in [2.45, 2.75) is 46.3 Å². The number of nitrogens with one attached hydrogen (secondary N) is 1. The zero-order valence-electron chi connectivity index (χ0n) is 17.4. The van der Waals surface area contributed by atoms with Crippen molar-refractivity contribution in [1.29, 1.82) is 0 Å². The zero-order valence-corrected chi connectivity index (χ0v) is 17.4. The van der Waals surface area contributed by atoms with Crippen LogP contribution in [0.15, 0.2) is 35.9 Å². The largest absolute Gasteiger partial charge is 0.376 e. The van der Waals surface area contributed by atoms with Gasteiger partial charge in [0.1, 0.15) is 5.57 Å². The number of nitrogens with zero attached hydrogens (tertiary/aromatic N) is 2. The third kappa shape index (κ3) is 3.68. The lowest BCUT2D eigenvalue weighted by atomic mass is 10.1. The second-order valence-electron chi connectivity index (χ2n) is 7.87. The summed E-state index contributed by atoms with van der Waals surface area (Å²) in [6, 6.07) is 8.21. The molecule has 3 heterocycles. The molecule has 1 N–H and O–H groups in total. The lowest BCUT2D eigenvalue weighted by Gasteiger charge is -2.26. The average Bonchev–Trinajstić information content (AvgIpc) is 3.30. The molecule has 4 rings (SSSR count).